The summed E-state index contributed by atoms with van der Waals surface area (Å²) in [5, 5.41) is 0. The molecule has 26 heavy (non-hydrogen) atoms. The third-order valence-electron chi connectivity index (χ3n) is 4.60. The molecule has 0 unspecified atom stereocenters. The van der Waals surface area contributed by atoms with Crippen molar-refractivity contribution >= 4 is 28.8 Å². The molecule has 4 nitrogen and oxygen atoms in total. The lowest BCUT2D eigenvalue weighted by molar-refractivity contribution is -0.127. The number of aromatic nitrogens is 2. The second-order valence-corrected chi connectivity index (χ2v) is 7.85. The van der Waals surface area contributed by atoms with Crippen molar-refractivity contribution < 1.29 is 4.79 Å². The van der Waals surface area contributed by atoms with Gasteiger partial charge in [0.2, 0.25) is 5.91 Å². The molecule has 0 N–H and O–H groups in total. The van der Waals surface area contributed by atoms with E-state index >= 15 is 0 Å². The summed E-state index contributed by atoms with van der Waals surface area (Å²) in [7, 11) is 0. The minimum absolute atomic E-state index is 0.0394. The molecule has 0 radical (unpaired) electrons. The molecule has 1 atom stereocenters. The van der Waals surface area contributed by atoms with Gasteiger partial charge in [-0.15, -0.1) is 11.3 Å². The highest BCUT2D eigenvalue weighted by Crippen LogP contribution is 2.42. The Bertz CT molecular complexity index is 970. The zero-order chi connectivity index (χ0) is 18.1. The largest absolute Gasteiger partial charge is 0.333 e. The molecular weight excluding hydrogens is 366 g/mol. The molecule has 1 aromatic carbocycles. The third-order valence-corrected chi connectivity index (χ3v) is 5.87. The van der Waals surface area contributed by atoms with E-state index in [-0.39, 0.29) is 11.8 Å². The molecule has 3 heterocycles. The van der Waals surface area contributed by atoms with Gasteiger partial charge in [-0.3, -0.25) is 4.79 Å². The highest BCUT2D eigenvalue weighted by atomic mass is 35.5. The van der Waals surface area contributed by atoms with Crippen molar-refractivity contribution in [2.24, 2.45) is 0 Å². The van der Waals surface area contributed by atoms with Gasteiger partial charge in [-0.2, -0.15) is 0 Å². The van der Waals surface area contributed by atoms with Crippen LogP contribution in [0.2, 0.25) is 4.34 Å². The van der Waals surface area contributed by atoms with E-state index in [0.717, 1.165) is 26.0 Å². The number of hydrogen-bond acceptors (Lipinski definition) is 4. The highest BCUT2D eigenvalue weighted by Gasteiger charge is 2.31. The summed E-state index contributed by atoms with van der Waals surface area (Å²) in [6.07, 6.45) is 4.65. The molecule has 1 aliphatic rings. The molecule has 130 valence electrons. The van der Waals surface area contributed by atoms with E-state index in [1.165, 1.54) is 23.0 Å². The van der Waals surface area contributed by atoms with E-state index < -0.39 is 0 Å². The molecule has 2 aromatic heterocycles. The summed E-state index contributed by atoms with van der Waals surface area (Å²) in [4.78, 5) is 23.6. The van der Waals surface area contributed by atoms with Crippen LogP contribution in [-0.2, 0) is 11.3 Å². The number of rotatable bonds is 3. The zero-order valence-corrected chi connectivity index (χ0v) is 15.5. The van der Waals surface area contributed by atoms with Gasteiger partial charge in [0.15, 0.2) is 0 Å². The molecule has 0 bridgehead atoms. The van der Waals surface area contributed by atoms with Crippen molar-refractivity contribution in [3.63, 3.8) is 0 Å². The van der Waals surface area contributed by atoms with Gasteiger partial charge in [0.1, 0.15) is 6.33 Å². The number of hydrogen-bond donors (Lipinski definition) is 0. The third kappa shape index (κ3) is 3.04. The van der Waals surface area contributed by atoms with Crippen molar-refractivity contribution in [2.45, 2.75) is 12.5 Å². The Morgan fingerprint density at radius 3 is 2.92 bits per heavy atom. The average molecular weight is 382 g/mol. The second-order valence-electron chi connectivity index (χ2n) is 6.09. The van der Waals surface area contributed by atoms with E-state index in [2.05, 4.69) is 28.7 Å². The van der Waals surface area contributed by atoms with E-state index in [0.29, 0.717) is 13.1 Å². The van der Waals surface area contributed by atoms with Crippen LogP contribution in [0.15, 0.2) is 61.6 Å². The SMILES string of the molecule is C=CC(=O)N1Cc2sc(Cl)cc2[C@H](c2ccccc2-c2ccncn2)C1. The lowest BCUT2D eigenvalue weighted by atomic mass is 9.85. The first-order valence-corrected chi connectivity index (χ1v) is 9.41. The predicted molar refractivity (Wildman–Crippen MR) is 104 cm³/mol. The van der Waals surface area contributed by atoms with Gasteiger partial charge < -0.3 is 4.90 Å². The molecule has 1 amide bonds. The Hall–Kier alpha value is -2.50. The maximum atomic E-state index is 12.3. The molecule has 1 aliphatic heterocycles. The number of halogens is 1. The van der Waals surface area contributed by atoms with Crippen LogP contribution in [0.1, 0.15) is 21.9 Å². The quantitative estimate of drug-likeness (QED) is 0.626. The zero-order valence-electron chi connectivity index (χ0n) is 13.9. The first kappa shape index (κ1) is 16.9. The maximum absolute atomic E-state index is 12.3. The molecule has 6 heteroatoms. The Balaban J connectivity index is 1.84. The Morgan fingerprint density at radius 2 is 2.15 bits per heavy atom. The molecule has 0 aliphatic carbocycles. The van der Waals surface area contributed by atoms with Crippen LogP contribution in [-0.4, -0.2) is 27.3 Å². The van der Waals surface area contributed by atoms with Gasteiger partial charge in [-0.1, -0.05) is 42.4 Å². The Labute approximate surface area is 160 Å². The van der Waals surface area contributed by atoms with Gasteiger partial charge in [-0.05, 0) is 29.3 Å². The lowest BCUT2D eigenvalue weighted by Crippen LogP contribution is -2.37. The number of benzene rings is 1. The molecule has 0 fully saturated rings. The van der Waals surface area contributed by atoms with Gasteiger partial charge in [-0.25, -0.2) is 9.97 Å². The van der Waals surface area contributed by atoms with Gasteiger partial charge in [0, 0.05) is 29.1 Å². The molecular formula is C20H16ClN3OS. The van der Waals surface area contributed by atoms with Gasteiger partial charge in [0.25, 0.3) is 0 Å². The summed E-state index contributed by atoms with van der Waals surface area (Å²) in [5.41, 5.74) is 4.23. The number of nitrogens with zero attached hydrogens (tertiary/aromatic N) is 3. The van der Waals surface area contributed by atoms with Crippen LogP contribution >= 0.6 is 22.9 Å². The number of carbonyl (C=O) groups is 1. The van der Waals surface area contributed by atoms with Crippen molar-refractivity contribution in [3.05, 3.63) is 81.9 Å². The monoisotopic (exact) mass is 381 g/mol. The number of carbonyl (C=O) groups excluding carboxylic acids is 1. The van der Waals surface area contributed by atoms with Crippen LogP contribution in [0.3, 0.4) is 0 Å². The Morgan fingerprint density at radius 1 is 1.31 bits per heavy atom. The summed E-state index contributed by atoms with van der Waals surface area (Å²) < 4.78 is 0.743. The number of amides is 1. The van der Waals surface area contributed by atoms with Crippen molar-refractivity contribution in [3.8, 4) is 11.3 Å². The minimum atomic E-state index is -0.0651. The van der Waals surface area contributed by atoms with Crippen LogP contribution < -0.4 is 0 Å². The fourth-order valence-electron chi connectivity index (χ4n) is 3.43. The highest BCUT2D eigenvalue weighted by molar-refractivity contribution is 7.16. The topological polar surface area (TPSA) is 46.1 Å². The summed E-state index contributed by atoms with van der Waals surface area (Å²) in [6.45, 7) is 4.79. The van der Waals surface area contributed by atoms with E-state index in [4.69, 9.17) is 11.6 Å². The normalized spacial score (nSPS) is 16.2. The molecule has 0 saturated heterocycles. The van der Waals surface area contributed by atoms with E-state index in [9.17, 15) is 4.79 Å². The fraction of sp³-hybridized carbons (Fsp3) is 0.150. The summed E-state index contributed by atoms with van der Waals surface area (Å²) in [6, 6.07) is 12.1. The predicted octanol–water partition coefficient (Wildman–Crippen LogP) is 4.52. The number of fused-ring (bicyclic) bond motifs is 1. The van der Waals surface area contributed by atoms with Crippen molar-refractivity contribution in [1.29, 1.82) is 0 Å². The number of thiophene rings is 1. The van der Waals surface area contributed by atoms with Gasteiger partial charge in [0.05, 0.1) is 16.6 Å². The standard InChI is InChI=1S/C20H16ClN3OS/c1-2-20(25)24-10-16(15-9-19(21)26-18(15)11-24)13-5-3-4-6-14(13)17-7-8-22-12-23-17/h2-9,12,16H,1,10-11H2/t16-/m0/s1. The van der Waals surface area contributed by atoms with Crippen molar-refractivity contribution in [1.82, 2.24) is 14.9 Å². The fourth-order valence-corrected chi connectivity index (χ4v) is 4.79. The smallest absolute Gasteiger partial charge is 0.246 e. The minimum Gasteiger partial charge on any atom is -0.333 e. The van der Waals surface area contributed by atoms with Crippen LogP contribution in [0.25, 0.3) is 11.3 Å². The Kier molecular flexibility index (Phi) is 4.57. The molecule has 4 rings (SSSR count). The lowest BCUT2D eigenvalue weighted by Gasteiger charge is -2.33. The van der Waals surface area contributed by atoms with Crippen molar-refractivity contribution in [2.75, 3.05) is 6.54 Å². The maximum Gasteiger partial charge on any atom is 0.246 e. The van der Waals surface area contributed by atoms with Gasteiger partial charge >= 0.3 is 0 Å². The average Bonchev–Trinajstić information content (AvgIpc) is 3.07. The summed E-state index contributed by atoms with van der Waals surface area (Å²) >= 11 is 7.83. The van der Waals surface area contributed by atoms with E-state index in [1.807, 2.05) is 29.2 Å². The van der Waals surface area contributed by atoms with Crippen LogP contribution in [0.5, 0.6) is 0 Å². The molecule has 0 saturated carbocycles. The molecule has 3 aromatic rings. The first-order chi connectivity index (χ1) is 12.7. The second kappa shape index (κ2) is 7.02. The van der Waals surface area contributed by atoms with E-state index in [1.54, 1.807) is 12.5 Å². The van der Waals surface area contributed by atoms with Crippen LogP contribution in [0, 0.1) is 0 Å². The van der Waals surface area contributed by atoms with Crippen LogP contribution in [0.4, 0.5) is 0 Å². The summed E-state index contributed by atoms with van der Waals surface area (Å²) in [5.74, 6) is -0.0257. The molecule has 0 spiro atoms. The first-order valence-electron chi connectivity index (χ1n) is 8.22.